The molecule has 0 radical (unpaired) electrons. The lowest BCUT2D eigenvalue weighted by Gasteiger charge is -2.25. The first-order chi connectivity index (χ1) is 17.1. The average molecular weight is 572 g/mol. The Kier molecular flexibility index (Phi) is 10.0. The van der Waals surface area contributed by atoms with Crippen molar-refractivity contribution < 1.29 is 14.1 Å². The number of nitrogens with one attached hydrogen (secondary N) is 1. The normalized spacial score (nSPS) is 12.9. The zero-order valence-electron chi connectivity index (χ0n) is 19.7. The summed E-state index contributed by atoms with van der Waals surface area (Å²) >= 11 is 24.4. The van der Waals surface area contributed by atoms with Crippen molar-refractivity contribution in [3.8, 4) is 22.6 Å². The van der Waals surface area contributed by atoms with Crippen LogP contribution in [0.15, 0.2) is 53.1 Å². The monoisotopic (exact) mass is 570 g/mol. The van der Waals surface area contributed by atoms with Gasteiger partial charge in [0.1, 0.15) is 5.69 Å². The van der Waals surface area contributed by atoms with E-state index in [1.807, 2.05) is 13.8 Å². The van der Waals surface area contributed by atoms with Crippen LogP contribution in [0.25, 0.3) is 22.6 Å². The van der Waals surface area contributed by atoms with E-state index in [1.165, 1.54) is 4.90 Å². The molecular formula is C25H26Cl4N4O3. The summed E-state index contributed by atoms with van der Waals surface area (Å²) in [4.78, 5) is 25.2. The zero-order valence-corrected chi connectivity index (χ0v) is 22.7. The lowest BCUT2D eigenvalue weighted by molar-refractivity contribution is -0.123. The van der Waals surface area contributed by atoms with Crippen molar-refractivity contribution in [1.29, 1.82) is 0 Å². The largest absolute Gasteiger partial charge is 0.356 e. The van der Waals surface area contributed by atoms with Crippen LogP contribution in [0, 0.1) is 5.92 Å². The number of nitrogens with zero attached hydrogens (tertiary/aromatic N) is 2. The summed E-state index contributed by atoms with van der Waals surface area (Å²) in [5.41, 5.74) is 8.18. The molecule has 0 saturated carbocycles. The molecule has 0 fully saturated rings. The van der Waals surface area contributed by atoms with Crippen molar-refractivity contribution in [3.05, 3.63) is 58.6 Å². The van der Waals surface area contributed by atoms with Crippen LogP contribution in [-0.4, -0.2) is 40.9 Å². The Morgan fingerprint density at radius 3 is 2.42 bits per heavy atom. The van der Waals surface area contributed by atoms with Crippen LogP contribution >= 0.6 is 46.4 Å². The molecule has 0 saturated heterocycles. The first-order valence-corrected chi connectivity index (χ1v) is 12.9. The van der Waals surface area contributed by atoms with E-state index in [2.05, 4.69) is 10.5 Å². The van der Waals surface area contributed by atoms with Crippen molar-refractivity contribution in [2.75, 3.05) is 18.0 Å². The van der Waals surface area contributed by atoms with Crippen LogP contribution < -0.4 is 16.0 Å². The molecule has 0 aliphatic heterocycles. The highest BCUT2D eigenvalue weighted by molar-refractivity contribution is 6.54. The minimum absolute atomic E-state index is 0.0296. The summed E-state index contributed by atoms with van der Waals surface area (Å²) in [7, 11) is 0. The van der Waals surface area contributed by atoms with E-state index < -0.39 is 16.8 Å². The van der Waals surface area contributed by atoms with Gasteiger partial charge in [-0.1, -0.05) is 90.0 Å². The summed E-state index contributed by atoms with van der Waals surface area (Å²) < 4.78 is 5.54. The van der Waals surface area contributed by atoms with Gasteiger partial charge in [-0.25, -0.2) is 0 Å². The van der Waals surface area contributed by atoms with Crippen LogP contribution in [0.3, 0.4) is 0 Å². The highest BCUT2D eigenvalue weighted by Gasteiger charge is 2.24. The molecule has 36 heavy (non-hydrogen) atoms. The Balaban J connectivity index is 1.82. The number of hydrogen-bond donors (Lipinski definition) is 2. The number of alkyl halides is 2. The number of carbonyl (C=O) groups excluding carboxylic acids is 2. The molecule has 3 rings (SSSR count). The number of anilines is 1. The number of benzene rings is 2. The lowest BCUT2D eigenvalue weighted by Crippen LogP contribution is -2.47. The topological polar surface area (TPSA) is 101 Å². The number of nitrogens with two attached hydrogens (primary N) is 1. The first kappa shape index (κ1) is 28.3. The molecule has 0 spiro atoms. The van der Waals surface area contributed by atoms with Gasteiger partial charge < -0.3 is 20.5 Å². The molecule has 7 nitrogen and oxygen atoms in total. The maximum atomic E-state index is 12.8. The quantitative estimate of drug-likeness (QED) is 0.293. The van der Waals surface area contributed by atoms with E-state index in [4.69, 9.17) is 56.7 Å². The number of halogens is 4. The van der Waals surface area contributed by atoms with E-state index >= 15 is 0 Å². The maximum Gasteiger partial charge on any atom is 0.260 e. The molecule has 192 valence electrons. The summed E-state index contributed by atoms with van der Waals surface area (Å²) in [6.45, 7) is 4.17. The maximum absolute atomic E-state index is 12.8. The Morgan fingerprint density at radius 2 is 1.78 bits per heavy atom. The Bertz CT molecular complexity index is 1200. The van der Waals surface area contributed by atoms with Gasteiger partial charge in [0.2, 0.25) is 5.91 Å². The van der Waals surface area contributed by atoms with Gasteiger partial charge in [0.05, 0.1) is 16.1 Å². The molecule has 1 aromatic heterocycles. The van der Waals surface area contributed by atoms with Crippen LogP contribution in [0.5, 0.6) is 0 Å². The summed E-state index contributed by atoms with van der Waals surface area (Å²) in [6, 6.07) is 13.3. The Labute approximate surface area is 229 Å². The molecule has 11 heteroatoms. The SMILES string of the molecule is CCC(C)C(N)C(=O)NCCN(C(=O)C(Cl)Cl)c1cccc(-c2cc(-c3c(Cl)cccc3Cl)no2)c1. The molecule has 3 N–H and O–H groups in total. The summed E-state index contributed by atoms with van der Waals surface area (Å²) in [6.07, 6.45) is 0.776. The van der Waals surface area contributed by atoms with Gasteiger partial charge in [0.25, 0.3) is 5.91 Å². The molecular weight excluding hydrogens is 546 g/mol. The highest BCUT2D eigenvalue weighted by Crippen LogP contribution is 2.36. The molecule has 2 aromatic carbocycles. The van der Waals surface area contributed by atoms with Gasteiger partial charge in [-0.3, -0.25) is 9.59 Å². The number of aromatic nitrogens is 1. The average Bonchev–Trinajstić information content (AvgIpc) is 3.35. The Hall–Kier alpha value is -2.29. The van der Waals surface area contributed by atoms with Gasteiger partial charge in [-0.15, -0.1) is 0 Å². The number of hydrogen-bond acceptors (Lipinski definition) is 5. The van der Waals surface area contributed by atoms with Gasteiger partial charge in [0.15, 0.2) is 10.6 Å². The molecule has 0 aliphatic rings. The van der Waals surface area contributed by atoms with Crippen molar-refractivity contribution in [1.82, 2.24) is 10.5 Å². The second-order valence-electron chi connectivity index (χ2n) is 8.22. The fourth-order valence-corrected chi connectivity index (χ4v) is 4.33. The van der Waals surface area contributed by atoms with Crippen molar-refractivity contribution >= 4 is 63.9 Å². The zero-order chi connectivity index (χ0) is 26.4. The molecule has 2 amide bonds. The van der Waals surface area contributed by atoms with Crippen molar-refractivity contribution in [2.45, 2.75) is 31.1 Å². The summed E-state index contributed by atoms with van der Waals surface area (Å²) in [5, 5.41) is 7.76. The fourth-order valence-electron chi connectivity index (χ4n) is 3.50. The summed E-state index contributed by atoms with van der Waals surface area (Å²) in [5.74, 6) is -0.346. The van der Waals surface area contributed by atoms with Crippen LogP contribution in [0.4, 0.5) is 5.69 Å². The predicted molar refractivity (Wildman–Crippen MR) is 146 cm³/mol. The third-order valence-corrected chi connectivity index (χ3v) is 6.82. The molecule has 1 heterocycles. The van der Waals surface area contributed by atoms with Gasteiger partial charge in [-0.05, 0) is 30.2 Å². The first-order valence-electron chi connectivity index (χ1n) is 11.3. The molecule has 2 atom stereocenters. The van der Waals surface area contributed by atoms with E-state index in [0.717, 1.165) is 6.42 Å². The van der Waals surface area contributed by atoms with E-state index in [1.54, 1.807) is 48.5 Å². The van der Waals surface area contributed by atoms with Crippen molar-refractivity contribution in [3.63, 3.8) is 0 Å². The second-order valence-corrected chi connectivity index (χ2v) is 10.1. The highest BCUT2D eigenvalue weighted by atomic mass is 35.5. The van der Waals surface area contributed by atoms with Crippen LogP contribution in [0.2, 0.25) is 10.0 Å². The van der Waals surface area contributed by atoms with Crippen molar-refractivity contribution in [2.24, 2.45) is 11.7 Å². The minimum atomic E-state index is -1.29. The lowest BCUT2D eigenvalue weighted by atomic mass is 9.99. The third kappa shape index (κ3) is 6.72. The molecule has 0 aliphatic carbocycles. The smallest absolute Gasteiger partial charge is 0.260 e. The predicted octanol–water partition coefficient (Wildman–Crippen LogP) is 5.94. The number of rotatable bonds is 10. The third-order valence-electron chi connectivity index (χ3n) is 5.82. The van der Waals surface area contributed by atoms with Gasteiger partial charge in [0, 0.05) is 36.0 Å². The van der Waals surface area contributed by atoms with Crippen LogP contribution in [0.1, 0.15) is 20.3 Å². The standard InChI is InChI=1S/C25H26Cl4N4O3/c1-3-14(2)22(30)24(34)31-10-11-33(25(35)23(28)29)16-7-4-6-15(12-16)20-13-19(32-36-20)21-17(26)8-5-9-18(21)27/h4-9,12-14,22-23H,3,10-11,30H2,1-2H3,(H,31,34). The fraction of sp³-hybridized carbons (Fsp3) is 0.320. The Morgan fingerprint density at radius 1 is 1.11 bits per heavy atom. The number of amides is 2. The molecule has 0 bridgehead atoms. The van der Waals surface area contributed by atoms with Gasteiger partial charge in [-0.2, -0.15) is 0 Å². The van der Waals surface area contributed by atoms with E-state index in [0.29, 0.717) is 38.3 Å². The molecule has 2 unspecified atom stereocenters. The van der Waals surface area contributed by atoms with E-state index in [-0.39, 0.29) is 24.9 Å². The second kappa shape index (κ2) is 12.8. The number of carbonyl (C=O) groups is 2. The van der Waals surface area contributed by atoms with Crippen LogP contribution in [-0.2, 0) is 9.59 Å². The molecule has 3 aromatic rings. The van der Waals surface area contributed by atoms with Gasteiger partial charge >= 0.3 is 0 Å². The van der Waals surface area contributed by atoms with E-state index in [9.17, 15) is 9.59 Å². The minimum Gasteiger partial charge on any atom is -0.356 e.